The summed E-state index contributed by atoms with van der Waals surface area (Å²) in [4.78, 5) is 0. The Bertz CT molecular complexity index is 486. The van der Waals surface area contributed by atoms with Gasteiger partial charge in [0.25, 0.3) is 0 Å². The van der Waals surface area contributed by atoms with E-state index in [9.17, 15) is 0 Å². The van der Waals surface area contributed by atoms with E-state index in [1.807, 2.05) is 12.1 Å². The van der Waals surface area contributed by atoms with Crippen LogP contribution in [0.25, 0.3) is 5.32 Å². The summed E-state index contributed by atoms with van der Waals surface area (Å²) in [6.07, 6.45) is 0. The first-order valence-electron chi connectivity index (χ1n) is 5.52. The number of aryl methyl sites for hydroxylation is 3. The van der Waals surface area contributed by atoms with Gasteiger partial charge in [0.1, 0.15) is 0 Å². The minimum Gasteiger partial charge on any atom is -0.657 e. The van der Waals surface area contributed by atoms with Gasteiger partial charge in [0.2, 0.25) is 0 Å². The molecule has 0 spiro atoms. The molecule has 0 atom stereocenters. The zero-order chi connectivity index (χ0) is 11.5. The van der Waals surface area contributed by atoms with Crippen molar-refractivity contribution in [2.75, 3.05) is 0 Å². The zero-order valence-electron chi connectivity index (χ0n) is 12.3. The normalized spacial score (nSPS) is 8.58. The Kier molecular flexibility index (Phi) is 9.26. The minimum atomic E-state index is 0. The van der Waals surface area contributed by atoms with Gasteiger partial charge < -0.3 is 20.2 Å². The van der Waals surface area contributed by atoms with E-state index in [-0.39, 0.29) is 31.3 Å². The third-order valence-electron chi connectivity index (χ3n) is 2.79. The number of nitrogens with zero attached hydrogens (tertiary/aromatic N) is 1. The van der Waals surface area contributed by atoms with Crippen LogP contribution in [-0.2, 0) is 16.5 Å². The third-order valence-corrected chi connectivity index (χ3v) is 2.79. The van der Waals surface area contributed by atoms with Crippen LogP contribution in [0.2, 0.25) is 0 Å². The van der Waals surface area contributed by atoms with E-state index in [1.54, 1.807) is 0 Å². The van der Waals surface area contributed by atoms with Crippen molar-refractivity contribution in [2.45, 2.75) is 20.8 Å². The number of benzene rings is 2. The summed E-state index contributed by atoms with van der Waals surface area (Å²) < 4.78 is 0. The Morgan fingerprint density at radius 1 is 0.684 bits per heavy atom. The zero-order valence-corrected chi connectivity index (χ0v) is 13.3. The summed E-state index contributed by atoms with van der Waals surface area (Å²) in [6.45, 7) is 6.29. The molecule has 1 nitrogen and oxygen atoms in total. The van der Waals surface area contributed by atoms with Crippen LogP contribution < -0.4 is 0 Å². The molecule has 1 radical (unpaired) electrons. The summed E-state index contributed by atoms with van der Waals surface area (Å²) in [7, 11) is 0. The van der Waals surface area contributed by atoms with E-state index in [2.05, 4.69) is 51.1 Å². The molecule has 0 aliphatic rings. The van der Waals surface area contributed by atoms with Crippen LogP contribution in [0, 0.1) is 35.6 Å². The van der Waals surface area contributed by atoms with Crippen molar-refractivity contribution in [1.29, 1.82) is 0 Å². The molecule has 19 heavy (non-hydrogen) atoms. The SMILES string of the molecule is Cc1ccccc1[N-]c1c(C)cccc1C.[CH3-].[CH3-].[Ni+3]. The second-order valence-electron chi connectivity index (χ2n) is 4.14. The van der Waals surface area contributed by atoms with Crippen molar-refractivity contribution in [2.24, 2.45) is 0 Å². The Labute approximate surface area is 128 Å². The van der Waals surface area contributed by atoms with Gasteiger partial charge in [-0.2, -0.15) is 0 Å². The van der Waals surface area contributed by atoms with Gasteiger partial charge in [-0.3, -0.25) is 0 Å². The first-order valence-corrected chi connectivity index (χ1v) is 5.52. The second-order valence-corrected chi connectivity index (χ2v) is 4.14. The van der Waals surface area contributed by atoms with E-state index in [4.69, 9.17) is 5.32 Å². The summed E-state index contributed by atoms with van der Waals surface area (Å²) in [5.74, 6) is 0. The maximum atomic E-state index is 4.74. The molecule has 0 N–H and O–H groups in total. The average molecular weight is 299 g/mol. The molecule has 2 aromatic rings. The van der Waals surface area contributed by atoms with Crippen LogP contribution in [-0.4, -0.2) is 0 Å². The van der Waals surface area contributed by atoms with Gasteiger partial charge in [0.05, 0.1) is 0 Å². The Balaban J connectivity index is 0. The number of para-hydroxylation sites is 2. The molecule has 0 amide bonds. The molecule has 0 unspecified atom stereocenters. The van der Waals surface area contributed by atoms with Crippen LogP contribution in [0.3, 0.4) is 0 Å². The summed E-state index contributed by atoms with van der Waals surface area (Å²) in [5.41, 5.74) is 5.81. The first kappa shape index (κ1) is 20.1. The number of hydrogen-bond donors (Lipinski definition) is 0. The summed E-state index contributed by atoms with van der Waals surface area (Å²) >= 11 is 0. The predicted octanol–water partition coefficient (Wildman–Crippen LogP) is 5.85. The molecule has 0 fully saturated rings. The molecule has 0 saturated carbocycles. The quantitative estimate of drug-likeness (QED) is 0.488. The van der Waals surface area contributed by atoms with Crippen LogP contribution >= 0.6 is 0 Å². The van der Waals surface area contributed by atoms with Crippen LogP contribution in [0.15, 0.2) is 42.5 Å². The van der Waals surface area contributed by atoms with Gasteiger partial charge in [-0.25, -0.2) is 0 Å². The Morgan fingerprint density at radius 2 is 1.16 bits per heavy atom. The van der Waals surface area contributed by atoms with Crippen molar-refractivity contribution < 1.29 is 16.5 Å². The summed E-state index contributed by atoms with van der Waals surface area (Å²) in [6, 6.07) is 14.5. The molecule has 0 aliphatic carbocycles. The maximum absolute atomic E-state index is 4.74. The van der Waals surface area contributed by atoms with Gasteiger partial charge in [-0.15, -0.1) is 11.4 Å². The van der Waals surface area contributed by atoms with Crippen LogP contribution in [0.1, 0.15) is 16.7 Å². The molecule has 0 saturated heterocycles. The van der Waals surface area contributed by atoms with E-state index in [0.29, 0.717) is 0 Å². The molecule has 105 valence electrons. The standard InChI is InChI=1S/C15H16N.2CH3.Ni/c1-11-7-4-5-10-14(11)16-15-12(2)8-6-9-13(15)3;;;/h4-10H,1-3H3;2*1H3;/q3*-1;+3. The second kappa shape index (κ2) is 8.77. The molecule has 2 heteroatoms. The fraction of sp³-hybridized carbons (Fsp3) is 0.176. The van der Waals surface area contributed by atoms with Crippen molar-refractivity contribution in [3.8, 4) is 0 Å². The fourth-order valence-electron chi connectivity index (χ4n) is 1.79. The third kappa shape index (κ3) is 4.72. The minimum absolute atomic E-state index is 0. The molecule has 0 bridgehead atoms. The smallest absolute Gasteiger partial charge is 0.657 e. The van der Waals surface area contributed by atoms with Gasteiger partial charge in [-0.05, 0) is 20.8 Å². The molecular weight excluding hydrogens is 277 g/mol. The van der Waals surface area contributed by atoms with E-state index >= 15 is 0 Å². The Morgan fingerprint density at radius 3 is 1.68 bits per heavy atom. The van der Waals surface area contributed by atoms with Gasteiger partial charge >= 0.3 is 16.5 Å². The maximum Gasteiger partial charge on any atom is 3.00 e. The van der Waals surface area contributed by atoms with Gasteiger partial charge in [-0.1, -0.05) is 59.2 Å². The van der Waals surface area contributed by atoms with E-state index in [1.165, 1.54) is 16.7 Å². The van der Waals surface area contributed by atoms with Crippen molar-refractivity contribution in [3.63, 3.8) is 0 Å². The monoisotopic (exact) mass is 298 g/mol. The summed E-state index contributed by atoms with van der Waals surface area (Å²) in [5, 5.41) is 4.74. The van der Waals surface area contributed by atoms with Crippen molar-refractivity contribution >= 4 is 11.4 Å². The van der Waals surface area contributed by atoms with Crippen molar-refractivity contribution in [1.82, 2.24) is 0 Å². The fourth-order valence-corrected chi connectivity index (χ4v) is 1.79. The number of rotatable bonds is 2. The van der Waals surface area contributed by atoms with Crippen LogP contribution in [0.5, 0.6) is 0 Å². The average Bonchev–Trinajstić information content (AvgIpc) is 2.26. The molecule has 0 aliphatic heterocycles. The van der Waals surface area contributed by atoms with E-state index in [0.717, 1.165) is 11.4 Å². The van der Waals surface area contributed by atoms with Crippen LogP contribution in [0.4, 0.5) is 11.4 Å². The van der Waals surface area contributed by atoms with Gasteiger partial charge in [0, 0.05) is 0 Å². The molecular formula is C17H22NNi. The molecule has 2 rings (SSSR count). The van der Waals surface area contributed by atoms with E-state index < -0.39 is 0 Å². The molecule has 2 aromatic carbocycles. The Hall–Kier alpha value is -1.27. The molecule has 0 heterocycles. The first-order chi connectivity index (χ1) is 7.68. The van der Waals surface area contributed by atoms with Crippen molar-refractivity contribution in [3.05, 3.63) is 79.3 Å². The number of hydrogen-bond acceptors (Lipinski definition) is 0. The predicted molar refractivity (Wildman–Crippen MR) is 82.6 cm³/mol. The topological polar surface area (TPSA) is 14.1 Å². The molecule has 0 aromatic heterocycles. The largest absolute Gasteiger partial charge is 3.00 e. The van der Waals surface area contributed by atoms with Gasteiger partial charge in [0.15, 0.2) is 0 Å².